The molecule has 0 fully saturated rings. The quantitative estimate of drug-likeness (QED) is 0.0138. The molecule has 362 valence electrons. The average Bonchev–Trinajstić information content (AvgIpc) is 3.26. The molecule has 4 N–H and O–H groups in total. The molecular weight excluding hydrogens is 761 g/mol. The van der Waals surface area contributed by atoms with Gasteiger partial charge in [-0.1, -0.05) is 169 Å². The molecule has 0 bridgehead atoms. The van der Waals surface area contributed by atoms with Crippen LogP contribution in [0.25, 0.3) is 0 Å². The molecule has 10 nitrogen and oxygen atoms in total. The van der Waals surface area contributed by atoms with Crippen molar-refractivity contribution in [3.8, 4) is 0 Å². The molecule has 0 aromatic carbocycles. The maximum Gasteiger partial charge on any atom is 0.306 e. The fourth-order valence-corrected chi connectivity index (χ4v) is 7.78. The van der Waals surface area contributed by atoms with Crippen molar-refractivity contribution in [2.75, 3.05) is 40.0 Å². The molecular formula is C51H104N6O4. The van der Waals surface area contributed by atoms with Crippen molar-refractivity contribution in [2.24, 2.45) is 15.8 Å². The van der Waals surface area contributed by atoms with Crippen molar-refractivity contribution >= 4 is 24.9 Å². The molecule has 0 amide bonds. The smallest absolute Gasteiger partial charge is 0.306 e. The number of nitrogens with one attached hydrogen (secondary N) is 2. The average molecular weight is 865 g/mol. The maximum atomic E-state index is 12.7. The van der Waals surface area contributed by atoms with Crippen LogP contribution in [0.15, 0.2) is 10.1 Å². The van der Waals surface area contributed by atoms with Gasteiger partial charge in [-0.15, -0.1) is 0 Å². The van der Waals surface area contributed by atoms with E-state index in [1.165, 1.54) is 161 Å². The van der Waals surface area contributed by atoms with Crippen molar-refractivity contribution in [1.29, 1.82) is 0 Å². The number of esters is 1. The predicted octanol–water partition coefficient (Wildman–Crippen LogP) is 13.2. The van der Waals surface area contributed by atoms with Crippen LogP contribution in [0, 0.1) is 0 Å². The zero-order valence-electron chi connectivity index (χ0n) is 41.3. The molecule has 0 aliphatic carbocycles. The second-order valence-corrected chi connectivity index (χ2v) is 17.5. The van der Waals surface area contributed by atoms with E-state index in [9.17, 15) is 9.59 Å². The number of hydrazone groups is 1. The number of methoxy groups -OCH3 is 1. The normalized spacial score (nSPS) is 12.1. The number of hydrogen-bond acceptors (Lipinski definition) is 8. The largest absolute Gasteiger partial charge is 0.462 e. The molecule has 0 radical (unpaired) electrons. The van der Waals surface area contributed by atoms with E-state index in [0.717, 1.165) is 83.8 Å². The van der Waals surface area contributed by atoms with Crippen LogP contribution in [0.1, 0.15) is 252 Å². The minimum absolute atomic E-state index is 0.0184. The van der Waals surface area contributed by atoms with Gasteiger partial charge < -0.3 is 24.9 Å². The molecule has 61 heavy (non-hydrogen) atoms. The number of aldehydes is 1. The predicted molar refractivity (Wildman–Crippen MR) is 265 cm³/mol. The SMILES string of the molecule is C=NN/C(N)=N\CNCCCN(CCCCCCCC=O)CCCCCCCC(=O)OC(CCCCCCCC)CCCCCCCC.CCCCCCCCC(CC)OC. The highest BCUT2D eigenvalue weighted by molar-refractivity contribution is 5.77. The first-order chi connectivity index (χ1) is 29.9. The maximum absolute atomic E-state index is 12.7. The van der Waals surface area contributed by atoms with Gasteiger partial charge in [0.25, 0.3) is 0 Å². The molecule has 0 aliphatic rings. The number of ether oxygens (including phenoxy) is 2. The van der Waals surface area contributed by atoms with E-state index < -0.39 is 0 Å². The van der Waals surface area contributed by atoms with Gasteiger partial charge in [0.2, 0.25) is 5.96 Å². The molecule has 0 aromatic rings. The number of unbranched alkanes of at least 4 members (excludes halogenated alkanes) is 24. The lowest BCUT2D eigenvalue weighted by Crippen LogP contribution is -2.31. The van der Waals surface area contributed by atoms with Gasteiger partial charge in [-0.05, 0) is 96.8 Å². The third-order valence-corrected chi connectivity index (χ3v) is 11.8. The van der Waals surface area contributed by atoms with Gasteiger partial charge in [0, 0.05) is 26.7 Å². The van der Waals surface area contributed by atoms with Crippen LogP contribution < -0.4 is 16.5 Å². The molecule has 0 rings (SSSR count). The minimum Gasteiger partial charge on any atom is -0.462 e. The summed E-state index contributed by atoms with van der Waals surface area (Å²) in [6.45, 7) is 17.0. The Hall–Kier alpha value is -2.04. The van der Waals surface area contributed by atoms with Crippen LogP contribution in [-0.4, -0.2) is 82.0 Å². The summed E-state index contributed by atoms with van der Waals surface area (Å²) in [5.74, 6) is 0.283. The second-order valence-electron chi connectivity index (χ2n) is 17.5. The Kier molecular flexibility index (Phi) is 52.3. The fraction of sp³-hybridized carbons (Fsp3) is 0.922. The van der Waals surface area contributed by atoms with E-state index in [1.807, 2.05) is 7.11 Å². The number of nitrogens with zero attached hydrogens (tertiary/aromatic N) is 3. The summed E-state index contributed by atoms with van der Waals surface area (Å²) in [5.41, 5.74) is 8.20. The summed E-state index contributed by atoms with van der Waals surface area (Å²) in [6.07, 6.45) is 43.5. The van der Waals surface area contributed by atoms with E-state index in [4.69, 9.17) is 15.2 Å². The molecule has 1 unspecified atom stereocenters. The fourth-order valence-electron chi connectivity index (χ4n) is 7.78. The van der Waals surface area contributed by atoms with Gasteiger partial charge in [-0.3, -0.25) is 10.1 Å². The molecule has 0 aliphatic heterocycles. The Bertz CT molecular complexity index is 919. The second kappa shape index (κ2) is 52.3. The number of nitrogens with two attached hydrogens (primary N) is 1. The Morgan fingerprint density at radius 3 is 1.54 bits per heavy atom. The monoisotopic (exact) mass is 865 g/mol. The highest BCUT2D eigenvalue weighted by atomic mass is 16.5. The summed E-state index contributed by atoms with van der Waals surface area (Å²) in [6, 6.07) is 0. The van der Waals surface area contributed by atoms with E-state index in [1.54, 1.807) is 0 Å². The van der Waals surface area contributed by atoms with Crippen LogP contribution in [0.5, 0.6) is 0 Å². The molecule has 0 saturated carbocycles. The van der Waals surface area contributed by atoms with Crippen molar-refractivity contribution in [2.45, 2.75) is 265 Å². The van der Waals surface area contributed by atoms with Crippen LogP contribution in [0.3, 0.4) is 0 Å². The van der Waals surface area contributed by atoms with E-state index in [-0.39, 0.29) is 18.0 Å². The molecule has 0 spiro atoms. The topological polar surface area (TPSA) is 131 Å². The van der Waals surface area contributed by atoms with Crippen molar-refractivity contribution < 1.29 is 19.1 Å². The minimum atomic E-state index is 0.0184. The Balaban J connectivity index is 0. The van der Waals surface area contributed by atoms with E-state index in [0.29, 0.717) is 25.6 Å². The van der Waals surface area contributed by atoms with E-state index in [2.05, 4.69) is 60.1 Å². The lowest BCUT2D eigenvalue weighted by atomic mass is 10.0. The summed E-state index contributed by atoms with van der Waals surface area (Å²) in [5, 5.41) is 6.82. The van der Waals surface area contributed by atoms with Gasteiger partial charge in [0.1, 0.15) is 12.4 Å². The summed E-state index contributed by atoms with van der Waals surface area (Å²) in [4.78, 5) is 30.0. The Morgan fingerprint density at radius 2 is 1.07 bits per heavy atom. The van der Waals surface area contributed by atoms with Crippen LogP contribution in [0.4, 0.5) is 0 Å². The number of carbonyl (C=O) groups is 2. The number of guanidine groups is 1. The third-order valence-electron chi connectivity index (χ3n) is 11.8. The van der Waals surface area contributed by atoms with Crippen LogP contribution in [0.2, 0.25) is 0 Å². The lowest BCUT2D eigenvalue weighted by Gasteiger charge is -2.22. The summed E-state index contributed by atoms with van der Waals surface area (Å²) >= 11 is 0. The molecule has 0 saturated heterocycles. The van der Waals surface area contributed by atoms with E-state index >= 15 is 0 Å². The summed E-state index contributed by atoms with van der Waals surface area (Å²) < 4.78 is 11.4. The van der Waals surface area contributed by atoms with Gasteiger partial charge in [0.15, 0.2) is 0 Å². The highest BCUT2D eigenvalue weighted by Gasteiger charge is 2.14. The number of hydrogen-bond donors (Lipinski definition) is 3. The van der Waals surface area contributed by atoms with Crippen LogP contribution in [-0.2, 0) is 19.1 Å². The van der Waals surface area contributed by atoms with Gasteiger partial charge in [0.05, 0.1) is 12.8 Å². The first-order valence-electron chi connectivity index (χ1n) is 26.0. The standard InChI is InChI=1S/C39H78N6O3.C12H26O/c1-4-6-8-10-15-21-28-37(29-22-16-11-9-7-5-2)48-38(47)30-23-17-14-19-25-33-45(32-24-18-12-13-20-26-35-46)34-27-31-42-36-43-39(40)44-41-3;1-4-6-7-8-9-10-11-12(5-2)13-3/h35,37,42H,3-34,36H2,1-2H3,(H3,40,43,44);12H,4-11H2,1-3H3. The molecule has 1 atom stereocenters. The van der Waals surface area contributed by atoms with Gasteiger partial charge in [-0.2, -0.15) is 5.10 Å². The summed E-state index contributed by atoms with van der Waals surface area (Å²) in [7, 11) is 1.82. The zero-order valence-corrected chi connectivity index (χ0v) is 41.3. The Labute approximate surface area is 379 Å². The number of aliphatic imine (C=N–C) groups is 1. The van der Waals surface area contributed by atoms with Crippen molar-refractivity contribution in [1.82, 2.24) is 15.6 Å². The third kappa shape index (κ3) is 48.8. The first kappa shape index (κ1) is 61.0. The van der Waals surface area contributed by atoms with Crippen molar-refractivity contribution in [3.05, 3.63) is 0 Å². The number of rotatable bonds is 47. The zero-order chi connectivity index (χ0) is 45.1. The van der Waals surface area contributed by atoms with Gasteiger partial charge in [-0.25, -0.2) is 10.4 Å². The Morgan fingerprint density at radius 1 is 0.623 bits per heavy atom. The first-order valence-corrected chi connectivity index (χ1v) is 26.0. The van der Waals surface area contributed by atoms with Crippen LogP contribution >= 0.6 is 0 Å². The van der Waals surface area contributed by atoms with Crippen molar-refractivity contribution in [3.63, 3.8) is 0 Å². The molecule has 10 heteroatoms. The number of carbonyl (C=O) groups excluding carboxylic acids is 2. The van der Waals surface area contributed by atoms with Gasteiger partial charge >= 0.3 is 5.97 Å². The highest BCUT2D eigenvalue weighted by Crippen LogP contribution is 2.19. The molecule has 0 heterocycles. The molecule has 0 aromatic heterocycles. The lowest BCUT2D eigenvalue weighted by molar-refractivity contribution is -0.150.